The SMILES string of the molecule is Cc1nc(NC(=O)CC2(C(=O)Nc3nc(C)c(C)s3)CCNC2)sc1C. The lowest BCUT2D eigenvalue weighted by Crippen LogP contribution is -2.41. The van der Waals surface area contributed by atoms with Gasteiger partial charge in [0, 0.05) is 22.7 Å². The van der Waals surface area contributed by atoms with Gasteiger partial charge in [0.1, 0.15) is 0 Å². The van der Waals surface area contributed by atoms with Crippen molar-refractivity contribution < 1.29 is 9.59 Å². The van der Waals surface area contributed by atoms with Crippen LogP contribution in [0.15, 0.2) is 0 Å². The lowest BCUT2D eigenvalue weighted by Gasteiger charge is -2.25. The van der Waals surface area contributed by atoms with E-state index in [9.17, 15) is 9.59 Å². The van der Waals surface area contributed by atoms with Gasteiger partial charge in [0.2, 0.25) is 11.8 Å². The molecular weight excluding hydrogens is 370 g/mol. The van der Waals surface area contributed by atoms with Crippen LogP contribution in [-0.4, -0.2) is 34.9 Å². The number of hydrogen-bond donors (Lipinski definition) is 3. The third-order valence-corrected chi connectivity index (χ3v) is 6.72. The predicted molar refractivity (Wildman–Crippen MR) is 105 cm³/mol. The minimum atomic E-state index is -0.765. The van der Waals surface area contributed by atoms with Crippen molar-refractivity contribution in [3.05, 3.63) is 21.1 Å². The number of carbonyl (C=O) groups is 2. The first-order chi connectivity index (χ1) is 12.3. The quantitative estimate of drug-likeness (QED) is 0.726. The van der Waals surface area contributed by atoms with Crippen LogP contribution in [0, 0.1) is 33.1 Å². The molecule has 2 aromatic rings. The van der Waals surface area contributed by atoms with Crippen LogP contribution in [0.2, 0.25) is 0 Å². The fourth-order valence-corrected chi connectivity index (χ4v) is 4.56. The number of rotatable bonds is 5. The number of anilines is 2. The van der Waals surface area contributed by atoms with E-state index in [0.717, 1.165) is 21.1 Å². The van der Waals surface area contributed by atoms with Crippen LogP contribution >= 0.6 is 22.7 Å². The van der Waals surface area contributed by atoms with Gasteiger partial charge in [0.25, 0.3) is 0 Å². The Labute approximate surface area is 160 Å². The summed E-state index contributed by atoms with van der Waals surface area (Å²) in [6.45, 7) is 8.96. The zero-order valence-electron chi connectivity index (χ0n) is 15.4. The van der Waals surface area contributed by atoms with Crippen LogP contribution in [0.1, 0.15) is 34.0 Å². The molecule has 7 nitrogen and oxygen atoms in total. The van der Waals surface area contributed by atoms with Gasteiger partial charge in [-0.15, -0.1) is 22.7 Å². The van der Waals surface area contributed by atoms with Crippen molar-refractivity contribution in [2.45, 2.75) is 40.5 Å². The smallest absolute Gasteiger partial charge is 0.234 e. The van der Waals surface area contributed by atoms with Crippen molar-refractivity contribution in [2.75, 3.05) is 23.7 Å². The molecule has 0 aromatic carbocycles. The van der Waals surface area contributed by atoms with Crippen LogP contribution in [0.4, 0.5) is 10.3 Å². The van der Waals surface area contributed by atoms with E-state index in [1.807, 2.05) is 27.7 Å². The number of amides is 2. The van der Waals surface area contributed by atoms with Gasteiger partial charge in [-0.25, -0.2) is 9.97 Å². The molecule has 0 radical (unpaired) electrons. The summed E-state index contributed by atoms with van der Waals surface area (Å²) in [6.07, 6.45) is 0.734. The first kappa shape index (κ1) is 18.9. The van der Waals surface area contributed by atoms with Crippen LogP contribution in [0.25, 0.3) is 0 Å². The molecule has 26 heavy (non-hydrogen) atoms. The summed E-state index contributed by atoms with van der Waals surface area (Å²) in [5.74, 6) is -0.345. The van der Waals surface area contributed by atoms with Gasteiger partial charge < -0.3 is 16.0 Å². The number of nitrogens with zero attached hydrogens (tertiary/aromatic N) is 2. The Morgan fingerprint density at radius 2 is 1.62 bits per heavy atom. The monoisotopic (exact) mass is 393 g/mol. The highest BCUT2D eigenvalue weighted by molar-refractivity contribution is 7.16. The second kappa shape index (κ2) is 7.42. The second-order valence-corrected chi connectivity index (χ2v) is 9.11. The van der Waals surface area contributed by atoms with Crippen molar-refractivity contribution in [2.24, 2.45) is 5.41 Å². The van der Waals surface area contributed by atoms with Crippen molar-refractivity contribution in [3.8, 4) is 0 Å². The Balaban J connectivity index is 1.70. The van der Waals surface area contributed by atoms with Crippen LogP contribution in [0.3, 0.4) is 0 Å². The maximum atomic E-state index is 12.9. The summed E-state index contributed by atoms with van der Waals surface area (Å²) >= 11 is 2.90. The van der Waals surface area contributed by atoms with Crippen LogP contribution < -0.4 is 16.0 Å². The first-order valence-electron chi connectivity index (χ1n) is 8.49. The molecule has 140 valence electrons. The van der Waals surface area contributed by atoms with E-state index in [0.29, 0.717) is 29.8 Å². The number of aryl methyl sites for hydroxylation is 4. The largest absolute Gasteiger partial charge is 0.316 e. The standard InChI is InChI=1S/C17H23N5O2S2/c1-9-11(3)25-15(19-9)21-13(23)7-17(5-6-18-8-17)14(24)22-16-20-10(2)12(4)26-16/h18H,5-8H2,1-4H3,(H,19,21,23)(H,20,22,24). The van der Waals surface area contributed by atoms with E-state index in [1.165, 1.54) is 22.7 Å². The summed E-state index contributed by atoms with van der Waals surface area (Å²) in [5.41, 5.74) is 1.06. The molecule has 3 N–H and O–H groups in total. The maximum Gasteiger partial charge on any atom is 0.234 e. The van der Waals surface area contributed by atoms with E-state index in [4.69, 9.17) is 0 Å². The summed E-state index contributed by atoms with van der Waals surface area (Å²) < 4.78 is 0. The van der Waals surface area contributed by atoms with E-state index < -0.39 is 5.41 Å². The Kier molecular flexibility index (Phi) is 5.40. The van der Waals surface area contributed by atoms with Crippen molar-refractivity contribution >= 4 is 44.8 Å². The van der Waals surface area contributed by atoms with E-state index in [1.54, 1.807) is 0 Å². The Bertz CT molecular complexity index is 797. The van der Waals surface area contributed by atoms with Crippen molar-refractivity contribution in [1.29, 1.82) is 0 Å². The van der Waals surface area contributed by atoms with Gasteiger partial charge in [-0.1, -0.05) is 0 Å². The average Bonchev–Trinajstić information content (AvgIpc) is 3.22. The van der Waals surface area contributed by atoms with E-state index in [2.05, 4.69) is 25.9 Å². The maximum absolute atomic E-state index is 12.9. The molecule has 1 saturated heterocycles. The van der Waals surface area contributed by atoms with Crippen molar-refractivity contribution in [3.63, 3.8) is 0 Å². The fraction of sp³-hybridized carbons (Fsp3) is 0.529. The summed E-state index contributed by atoms with van der Waals surface area (Å²) in [7, 11) is 0. The zero-order chi connectivity index (χ0) is 18.9. The third kappa shape index (κ3) is 3.94. The number of aromatic nitrogens is 2. The molecule has 1 aliphatic rings. The van der Waals surface area contributed by atoms with Gasteiger partial charge in [-0.2, -0.15) is 0 Å². The Hall–Kier alpha value is -1.84. The molecule has 1 aliphatic heterocycles. The Morgan fingerprint density at radius 3 is 2.08 bits per heavy atom. The summed E-state index contributed by atoms with van der Waals surface area (Å²) in [5, 5.41) is 10.1. The molecule has 0 bridgehead atoms. The van der Waals surface area contributed by atoms with Gasteiger partial charge in [0.05, 0.1) is 16.8 Å². The summed E-state index contributed by atoms with van der Waals surface area (Å²) in [4.78, 5) is 36.3. The molecule has 9 heteroatoms. The fourth-order valence-electron chi connectivity index (χ4n) is 2.92. The van der Waals surface area contributed by atoms with Crippen molar-refractivity contribution in [1.82, 2.24) is 15.3 Å². The predicted octanol–water partition coefficient (Wildman–Crippen LogP) is 2.78. The van der Waals surface area contributed by atoms with Gasteiger partial charge in [-0.3, -0.25) is 9.59 Å². The lowest BCUT2D eigenvalue weighted by atomic mass is 9.82. The molecule has 2 amide bonds. The Morgan fingerprint density at radius 1 is 1.04 bits per heavy atom. The van der Waals surface area contributed by atoms with E-state index >= 15 is 0 Å². The number of carbonyl (C=O) groups excluding carboxylic acids is 2. The lowest BCUT2D eigenvalue weighted by molar-refractivity contribution is -0.129. The average molecular weight is 394 g/mol. The molecular formula is C17H23N5O2S2. The highest BCUT2D eigenvalue weighted by atomic mass is 32.1. The molecule has 2 aromatic heterocycles. The van der Waals surface area contributed by atoms with Gasteiger partial charge in [0.15, 0.2) is 10.3 Å². The highest BCUT2D eigenvalue weighted by Crippen LogP contribution is 2.33. The second-order valence-electron chi connectivity index (χ2n) is 6.71. The third-order valence-electron chi connectivity index (χ3n) is 4.75. The number of hydrogen-bond acceptors (Lipinski definition) is 7. The highest BCUT2D eigenvalue weighted by Gasteiger charge is 2.43. The molecule has 3 rings (SSSR count). The van der Waals surface area contributed by atoms with Crippen LogP contribution in [0.5, 0.6) is 0 Å². The van der Waals surface area contributed by atoms with E-state index in [-0.39, 0.29) is 18.2 Å². The minimum Gasteiger partial charge on any atom is -0.316 e. The number of nitrogens with one attached hydrogen (secondary N) is 3. The molecule has 1 atom stereocenters. The number of thiazole rings is 2. The molecule has 0 saturated carbocycles. The summed E-state index contributed by atoms with van der Waals surface area (Å²) in [6, 6.07) is 0. The van der Waals surface area contributed by atoms with Gasteiger partial charge >= 0.3 is 0 Å². The molecule has 1 fully saturated rings. The first-order valence-corrected chi connectivity index (χ1v) is 10.1. The molecule has 1 unspecified atom stereocenters. The molecule has 3 heterocycles. The topological polar surface area (TPSA) is 96.0 Å². The normalized spacial score (nSPS) is 19.5. The van der Waals surface area contributed by atoms with Gasteiger partial charge in [-0.05, 0) is 40.7 Å². The van der Waals surface area contributed by atoms with Crippen LogP contribution in [-0.2, 0) is 9.59 Å². The minimum absolute atomic E-state index is 0.118. The molecule has 0 spiro atoms. The zero-order valence-corrected chi connectivity index (χ0v) is 17.0. The molecule has 0 aliphatic carbocycles.